The van der Waals surface area contributed by atoms with E-state index in [2.05, 4.69) is 0 Å². The standard InChI is InChI=1S/C24H15Cl12NO2/c1-15(2)17-11(25)13(27)21(15,31)23(33,34)19(17,29)9-6-5-8(37(38)39)7-10(9)20(30)18(17)12(26)14(28)22(32,16(18,3)4)24(20,35)36/h5-7H,1-4H3/t17-,18+,19-,20-,21+,22+/m0/s1. The Kier molecular flexibility index (Phi) is 5.89. The summed E-state index contributed by atoms with van der Waals surface area (Å²) in [7, 11) is 0. The minimum absolute atomic E-state index is 0.0206. The van der Waals surface area contributed by atoms with Gasteiger partial charge in [-0.3, -0.25) is 10.1 Å². The Morgan fingerprint density at radius 3 is 1.31 bits per heavy atom. The highest BCUT2D eigenvalue weighted by Gasteiger charge is 3.05. The third kappa shape index (κ3) is 2.14. The highest BCUT2D eigenvalue weighted by atomic mass is 35.5. The molecule has 0 heterocycles. The highest BCUT2D eigenvalue weighted by molar-refractivity contribution is 6.66. The van der Waals surface area contributed by atoms with E-state index in [4.69, 9.17) is 139 Å². The van der Waals surface area contributed by atoms with Crippen LogP contribution < -0.4 is 0 Å². The Balaban J connectivity index is 2.03. The van der Waals surface area contributed by atoms with Gasteiger partial charge >= 0.3 is 0 Å². The summed E-state index contributed by atoms with van der Waals surface area (Å²) in [6, 6.07) is 3.86. The van der Waals surface area contributed by atoms with Crippen molar-refractivity contribution in [1.82, 2.24) is 0 Å². The van der Waals surface area contributed by atoms with Gasteiger partial charge in [0.25, 0.3) is 5.69 Å². The number of halogens is 12. The Morgan fingerprint density at radius 2 is 0.949 bits per heavy atom. The number of nitrogens with zero attached hydrogens (tertiary/aromatic N) is 1. The number of nitro groups is 1. The Morgan fingerprint density at radius 1 is 0.590 bits per heavy atom. The summed E-state index contributed by atoms with van der Waals surface area (Å²) >= 11 is 88.2. The van der Waals surface area contributed by atoms with Gasteiger partial charge in [-0.05, 0) is 17.2 Å². The molecule has 3 nitrogen and oxygen atoms in total. The molecule has 2 spiro atoms. The molecule has 0 amide bonds. The lowest BCUT2D eigenvalue weighted by Crippen LogP contribution is -2.72. The molecule has 1 aromatic carbocycles. The van der Waals surface area contributed by atoms with Crippen molar-refractivity contribution < 1.29 is 4.92 Å². The quantitative estimate of drug-likeness (QED) is 0.162. The summed E-state index contributed by atoms with van der Waals surface area (Å²) in [4.78, 5) is 3.61. The largest absolute Gasteiger partial charge is 0.269 e. The molecule has 39 heavy (non-hydrogen) atoms. The summed E-state index contributed by atoms with van der Waals surface area (Å²) in [5.41, 5.74) is -6.51. The molecule has 0 unspecified atom stereocenters. The number of fused-ring (bicyclic) bond motifs is 5. The third-order valence-corrected chi connectivity index (χ3v) is 19.3. The van der Waals surface area contributed by atoms with E-state index in [1.54, 1.807) is 27.7 Å². The third-order valence-electron chi connectivity index (χ3n) is 10.5. The average Bonchev–Trinajstić information content (AvgIpc) is 3.12. The van der Waals surface area contributed by atoms with Crippen LogP contribution in [0, 0.1) is 31.8 Å². The van der Waals surface area contributed by atoms with Crippen LogP contribution in [0.15, 0.2) is 38.3 Å². The second-order valence-corrected chi connectivity index (χ2v) is 18.2. The second kappa shape index (κ2) is 7.51. The molecular weight excluding hydrogens is 760 g/mol. The molecule has 0 aromatic heterocycles. The number of benzene rings is 1. The lowest BCUT2D eigenvalue weighted by Gasteiger charge is -2.69. The van der Waals surface area contributed by atoms with E-state index in [1.165, 1.54) is 18.2 Å². The SMILES string of the molecule is CC1(C)[C@]2(Cl)C(Cl)=C(Cl)[C@@]13[C@@]14C(Cl)=C(Cl)[C@@](Cl)(C1(C)C)C(Cl)(Cl)[C@]4(Cl)c1cc([N+](=O)[O-])ccc1[C@@]3(Cl)C2(Cl)Cl. The van der Waals surface area contributed by atoms with Crippen molar-refractivity contribution >= 4 is 145 Å². The minimum atomic E-state index is -2.18. The fourth-order valence-corrected chi connectivity index (χ4v) is 16.6. The maximum absolute atomic E-state index is 12.0. The molecule has 6 atom stereocenters. The van der Waals surface area contributed by atoms with Crippen LogP contribution in [0.3, 0.4) is 0 Å². The lowest BCUT2D eigenvalue weighted by atomic mass is 9.38. The highest BCUT2D eigenvalue weighted by Crippen LogP contribution is 3.02. The molecule has 212 valence electrons. The molecule has 2 fully saturated rings. The summed E-state index contributed by atoms with van der Waals surface area (Å²) in [6.07, 6.45) is 0. The molecule has 5 aliphatic carbocycles. The van der Waals surface area contributed by atoms with Crippen molar-refractivity contribution in [3.8, 4) is 0 Å². The molecule has 5 aliphatic rings. The molecule has 0 saturated heterocycles. The monoisotopic (exact) mass is 769 g/mol. The van der Waals surface area contributed by atoms with Gasteiger partial charge in [0.15, 0.2) is 8.67 Å². The number of hydrogen-bond acceptors (Lipinski definition) is 2. The molecule has 0 N–H and O–H groups in total. The zero-order valence-corrected chi connectivity index (χ0v) is 29.1. The molecule has 6 rings (SSSR count). The van der Waals surface area contributed by atoms with Gasteiger partial charge in [-0.25, -0.2) is 0 Å². The molecule has 0 aliphatic heterocycles. The summed E-state index contributed by atoms with van der Waals surface area (Å²) in [6.45, 7) is 6.94. The fourth-order valence-electron chi connectivity index (χ4n) is 9.17. The van der Waals surface area contributed by atoms with E-state index in [9.17, 15) is 10.1 Å². The van der Waals surface area contributed by atoms with Crippen LogP contribution in [-0.4, -0.2) is 23.3 Å². The summed E-state index contributed by atoms with van der Waals surface area (Å²) in [5.74, 6) is 0. The maximum Gasteiger partial charge on any atom is 0.269 e. The van der Waals surface area contributed by atoms with Gasteiger partial charge in [0, 0.05) is 33.0 Å². The van der Waals surface area contributed by atoms with Gasteiger partial charge in [-0.2, -0.15) is 0 Å². The van der Waals surface area contributed by atoms with Crippen molar-refractivity contribution in [2.24, 2.45) is 21.7 Å². The summed E-state index contributed by atoms with van der Waals surface area (Å²) in [5, 5.41) is 11.7. The van der Waals surface area contributed by atoms with Crippen LogP contribution in [0.4, 0.5) is 5.69 Å². The first-order valence-corrected chi connectivity index (χ1v) is 15.9. The molecule has 0 radical (unpaired) electrons. The number of non-ortho nitro benzene ring substituents is 1. The number of nitro benzene ring substituents is 1. The number of alkyl halides is 8. The number of rotatable bonds is 1. The van der Waals surface area contributed by atoms with Gasteiger partial charge < -0.3 is 0 Å². The molecule has 1 aromatic rings. The van der Waals surface area contributed by atoms with Crippen LogP contribution in [0.5, 0.6) is 0 Å². The predicted molar refractivity (Wildman–Crippen MR) is 164 cm³/mol. The zero-order chi connectivity index (χ0) is 29.7. The summed E-state index contributed by atoms with van der Waals surface area (Å²) < 4.78 is -4.30. The first-order valence-electron chi connectivity index (χ1n) is 11.3. The second-order valence-electron chi connectivity index (χ2n) is 11.8. The van der Waals surface area contributed by atoms with Crippen LogP contribution in [0.25, 0.3) is 0 Å². The normalized spacial score (nSPS) is 46.9. The van der Waals surface area contributed by atoms with Crippen LogP contribution in [0.1, 0.15) is 38.8 Å². The molecular formula is C24H15Cl12NO2. The maximum atomic E-state index is 12.0. The van der Waals surface area contributed by atoms with E-state index in [0.717, 1.165) is 0 Å². The van der Waals surface area contributed by atoms with Gasteiger partial charge in [0.2, 0.25) is 0 Å². The van der Waals surface area contributed by atoms with E-state index in [1.807, 2.05) is 0 Å². The van der Waals surface area contributed by atoms with Gasteiger partial charge in [-0.1, -0.05) is 121 Å². The Bertz CT molecular complexity index is 1530. The Labute approximate surface area is 284 Å². The van der Waals surface area contributed by atoms with Crippen molar-refractivity contribution in [1.29, 1.82) is 0 Å². The average molecular weight is 775 g/mol. The molecule has 15 heteroatoms. The van der Waals surface area contributed by atoms with Crippen molar-refractivity contribution in [2.75, 3.05) is 0 Å². The minimum Gasteiger partial charge on any atom is -0.258 e. The number of allylic oxidation sites excluding steroid dienone is 4. The fraction of sp³-hybridized carbons (Fsp3) is 0.583. The Hall–Kier alpha value is 1.58. The molecule has 4 bridgehead atoms. The van der Waals surface area contributed by atoms with Crippen molar-refractivity contribution in [3.63, 3.8) is 0 Å². The first kappa shape index (κ1) is 30.6. The predicted octanol–water partition coefficient (Wildman–Crippen LogP) is 11.2. The van der Waals surface area contributed by atoms with Gasteiger partial charge in [-0.15, -0.1) is 46.4 Å². The van der Waals surface area contributed by atoms with Crippen LogP contribution in [-0.2, 0) is 9.75 Å². The smallest absolute Gasteiger partial charge is 0.258 e. The van der Waals surface area contributed by atoms with Crippen molar-refractivity contribution in [2.45, 2.75) is 55.9 Å². The van der Waals surface area contributed by atoms with Crippen molar-refractivity contribution in [3.05, 3.63) is 59.6 Å². The van der Waals surface area contributed by atoms with Gasteiger partial charge in [0.05, 0.1) is 25.8 Å². The first-order chi connectivity index (χ1) is 17.4. The van der Waals surface area contributed by atoms with Crippen LogP contribution >= 0.6 is 139 Å². The number of hydrogen-bond donors (Lipinski definition) is 0. The topological polar surface area (TPSA) is 43.1 Å². The lowest BCUT2D eigenvalue weighted by molar-refractivity contribution is -0.385. The zero-order valence-electron chi connectivity index (χ0n) is 20.0. The van der Waals surface area contributed by atoms with Gasteiger partial charge in [0.1, 0.15) is 19.5 Å². The van der Waals surface area contributed by atoms with E-state index in [0.29, 0.717) is 0 Å². The van der Waals surface area contributed by atoms with E-state index in [-0.39, 0.29) is 36.9 Å². The van der Waals surface area contributed by atoms with E-state index < -0.39 is 54.7 Å². The molecule has 2 saturated carbocycles. The van der Waals surface area contributed by atoms with Crippen LogP contribution in [0.2, 0.25) is 0 Å². The van der Waals surface area contributed by atoms with E-state index >= 15 is 0 Å².